The molecule has 2 nitrogen and oxygen atoms in total. The SMILES string of the molecule is CC(CCCCl)(C(=O)Cl)C(=O)Cl. The Hall–Kier alpha value is 0.210. The highest BCUT2D eigenvalue weighted by atomic mass is 35.5. The summed E-state index contributed by atoms with van der Waals surface area (Å²) in [5.74, 6) is 0.379. The molecule has 0 atom stereocenters. The van der Waals surface area contributed by atoms with Crippen LogP contribution < -0.4 is 0 Å². The summed E-state index contributed by atoms with van der Waals surface area (Å²) in [5, 5.41) is -1.46. The Balaban J connectivity index is 4.40. The van der Waals surface area contributed by atoms with Gasteiger partial charge in [0, 0.05) is 5.88 Å². The van der Waals surface area contributed by atoms with Crippen LogP contribution in [-0.2, 0) is 9.59 Å². The summed E-state index contributed by atoms with van der Waals surface area (Å²) in [6.07, 6.45) is 0.830. The Morgan fingerprint density at radius 1 is 1.25 bits per heavy atom. The molecule has 0 aliphatic heterocycles. The molecule has 0 rings (SSSR count). The normalized spacial score (nSPS) is 11.3. The maximum atomic E-state index is 10.8. The van der Waals surface area contributed by atoms with E-state index in [1.165, 1.54) is 6.92 Å². The predicted octanol–water partition coefficient (Wildman–Crippen LogP) is 2.54. The maximum Gasteiger partial charge on any atom is 0.236 e. The van der Waals surface area contributed by atoms with E-state index in [4.69, 9.17) is 34.8 Å². The largest absolute Gasteiger partial charge is 0.280 e. The van der Waals surface area contributed by atoms with Crippen LogP contribution in [0.4, 0.5) is 0 Å². The lowest BCUT2D eigenvalue weighted by Gasteiger charge is -2.19. The number of alkyl halides is 1. The van der Waals surface area contributed by atoms with Crippen molar-refractivity contribution in [2.75, 3.05) is 5.88 Å². The summed E-state index contributed by atoms with van der Waals surface area (Å²) in [6, 6.07) is 0. The number of carbonyl (C=O) groups is 2. The second-order valence-electron chi connectivity index (χ2n) is 2.67. The minimum Gasteiger partial charge on any atom is -0.280 e. The Morgan fingerprint density at radius 3 is 1.92 bits per heavy atom. The first kappa shape index (κ1) is 12.2. The summed E-state index contributed by atoms with van der Waals surface area (Å²) in [6.45, 7) is 1.42. The standard InChI is InChI=1S/C7H9Cl3O2/c1-7(5(9)11,6(10)12)3-2-4-8/h2-4H2,1H3. The molecular formula is C7H9Cl3O2. The Kier molecular flexibility index (Phi) is 5.14. The zero-order valence-electron chi connectivity index (χ0n) is 6.57. The van der Waals surface area contributed by atoms with E-state index in [1.54, 1.807) is 0 Å². The van der Waals surface area contributed by atoms with Crippen molar-refractivity contribution in [1.29, 1.82) is 0 Å². The highest BCUT2D eigenvalue weighted by Gasteiger charge is 2.37. The quantitative estimate of drug-likeness (QED) is 0.414. The molecule has 5 heteroatoms. The molecule has 70 valence electrons. The van der Waals surface area contributed by atoms with Crippen LogP contribution in [0.3, 0.4) is 0 Å². The minimum atomic E-state index is -1.28. The van der Waals surface area contributed by atoms with E-state index in [1.807, 2.05) is 0 Å². The van der Waals surface area contributed by atoms with E-state index in [9.17, 15) is 9.59 Å². The van der Waals surface area contributed by atoms with Crippen LogP contribution in [0.5, 0.6) is 0 Å². The molecule has 0 aromatic carbocycles. The molecule has 0 unspecified atom stereocenters. The van der Waals surface area contributed by atoms with Gasteiger partial charge in [-0.15, -0.1) is 11.6 Å². The second-order valence-corrected chi connectivity index (χ2v) is 3.74. The number of halogens is 3. The van der Waals surface area contributed by atoms with Crippen molar-refractivity contribution >= 4 is 45.3 Å². The summed E-state index contributed by atoms with van der Waals surface area (Å²) >= 11 is 15.9. The van der Waals surface area contributed by atoms with Crippen molar-refractivity contribution in [3.63, 3.8) is 0 Å². The lowest BCUT2D eigenvalue weighted by Crippen LogP contribution is -2.30. The fraction of sp³-hybridized carbons (Fsp3) is 0.714. The first-order valence-corrected chi connectivity index (χ1v) is 4.70. The van der Waals surface area contributed by atoms with Crippen LogP contribution in [0.2, 0.25) is 0 Å². The lowest BCUT2D eigenvalue weighted by molar-refractivity contribution is -0.130. The summed E-state index contributed by atoms with van der Waals surface area (Å²) < 4.78 is 0. The average Bonchev–Trinajstić information content (AvgIpc) is 1.99. The Labute approximate surface area is 86.2 Å². The molecule has 0 fully saturated rings. The van der Waals surface area contributed by atoms with Crippen LogP contribution in [-0.4, -0.2) is 16.4 Å². The topological polar surface area (TPSA) is 34.1 Å². The second kappa shape index (κ2) is 5.05. The van der Waals surface area contributed by atoms with E-state index in [0.717, 1.165) is 0 Å². The molecule has 0 aliphatic carbocycles. The molecule has 0 bridgehead atoms. The number of carbonyl (C=O) groups excluding carboxylic acids is 2. The van der Waals surface area contributed by atoms with Crippen LogP contribution in [0.25, 0.3) is 0 Å². The lowest BCUT2D eigenvalue weighted by atomic mass is 9.89. The zero-order valence-corrected chi connectivity index (χ0v) is 8.84. The Bertz CT molecular complexity index is 177. The average molecular weight is 232 g/mol. The van der Waals surface area contributed by atoms with Gasteiger partial charge in [0.1, 0.15) is 5.41 Å². The van der Waals surface area contributed by atoms with Crippen LogP contribution in [0.15, 0.2) is 0 Å². The van der Waals surface area contributed by atoms with E-state index in [-0.39, 0.29) is 0 Å². The van der Waals surface area contributed by atoms with Gasteiger partial charge < -0.3 is 0 Å². The molecular weight excluding hydrogens is 222 g/mol. The first-order chi connectivity index (χ1) is 5.45. The molecule has 0 saturated heterocycles. The highest BCUT2D eigenvalue weighted by molar-refractivity contribution is 6.74. The fourth-order valence-electron chi connectivity index (χ4n) is 0.694. The molecule has 0 radical (unpaired) electrons. The third-order valence-corrected chi connectivity index (χ3v) is 2.78. The summed E-state index contributed by atoms with van der Waals surface area (Å²) in [7, 11) is 0. The van der Waals surface area contributed by atoms with E-state index >= 15 is 0 Å². The van der Waals surface area contributed by atoms with Gasteiger partial charge in [-0.2, -0.15) is 0 Å². The van der Waals surface area contributed by atoms with Crippen molar-refractivity contribution in [3.05, 3.63) is 0 Å². The highest BCUT2D eigenvalue weighted by Crippen LogP contribution is 2.29. The van der Waals surface area contributed by atoms with Gasteiger partial charge in [-0.05, 0) is 43.0 Å². The monoisotopic (exact) mass is 230 g/mol. The van der Waals surface area contributed by atoms with Crippen LogP contribution in [0.1, 0.15) is 19.8 Å². The molecule has 0 aromatic heterocycles. The number of hydrogen-bond donors (Lipinski definition) is 0. The van der Waals surface area contributed by atoms with Gasteiger partial charge >= 0.3 is 0 Å². The maximum absolute atomic E-state index is 10.8. The van der Waals surface area contributed by atoms with E-state index < -0.39 is 15.9 Å². The summed E-state index contributed by atoms with van der Waals surface area (Å²) in [5.41, 5.74) is -1.28. The Morgan fingerprint density at radius 2 is 1.67 bits per heavy atom. The number of rotatable bonds is 5. The van der Waals surface area contributed by atoms with Gasteiger partial charge in [0.2, 0.25) is 10.5 Å². The number of hydrogen-bond acceptors (Lipinski definition) is 2. The van der Waals surface area contributed by atoms with Crippen molar-refractivity contribution in [2.24, 2.45) is 5.41 Å². The van der Waals surface area contributed by atoms with Crippen molar-refractivity contribution in [2.45, 2.75) is 19.8 Å². The van der Waals surface area contributed by atoms with Gasteiger partial charge in [-0.3, -0.25) is 9.59 Å². The minimum absolute atomic E-state index is 0.293. The molecule has 0 aromatic rings. The smallest absolute Gasteiger partial charge is 0.236 e. The van der Waals surface area contributed by atoms with E-state index in [0.29, 0.717) is 18.7 Å². The third kappa shape index (κ3) is 2.92. The molecule has 0 amide bonds. The van der Waals surface area contributed by atoms with Gasteiger partial charge in [-0.25, -0.2) is 0 Å². The van der Waals surface area contributed by atoms with Gasteiger partial charge in [0.15, 0.2) is 0 Å². The van der Waals surface area contributed by atoms with Crippen molar-refractivity contribution in [1.82, 2.24) is 0 Å². The van der Waals surface area contributed by atoms with Gasteiger partial charge in [-0.1, -0.05) is 0 Å². The summed E-state index contributed by atoms with van der Waals surface area (Å²) in [4.78, 5) is 21.7. The molecule has 0 spiro atoms. The van der Waals surface area contributed by atoms with Gasteiger partial charge in [0.05, 0.1) is 0 Å². The van der Waals surface area contributed by atoms with Crippen LogP contribution >= 0.6 is 34.8 Å². The zero-order chi connectivity index (χ0) is 9.78. The molecule has 0 N–H and O–H groups in total. The van der Waals surface area contributed by atoms with Crippen molar-refractivity contribution in [3.8, 4) is 0 Å². The van der Waals surface area contributed by atoms with E-state index in [2.05, 4.69) is 0 Å². The molecule has 12 heavy (non-hydrogen) atoms. The molecule has 0 saturated carbocycles. The van der Waals surface area contributed by atoms with Gasteiger partial charge in [0.25, 0.3) is 0 Å². The predicted molar refractivity (Wildman–Crippen MR) is 49.8 cm³/mol. The fourth-order valence-corrected chi connectivity index (χ4v) is 1.24. The van der Waals surface area contributed by atoms with Crippen LogP contribution in [0, 0.1) is 5.41 Å². The molecule has 0 heterocycles. The molecule has 0 aliphatic rings. The van der Waals surface area contributed by atoms with Crippen molar-refractivity contribution < 1.29 is 9.59 Å². The third-order valence-electron chi connectivity index (χ3n) is 1.68. The first-order valence-electron chi connectivity index (χ1n) is 3.41.